The van der Waals surface area contributed by atoms with Crippen LogP contribution in [0.25, 0.3) is 10.9 Å². The monoisotopic (exact) mass is 419 g/mol. The molecule has 2 aromatic rings. The predicted molar refractivity (Wildman–Crippen MR) is 114 cm³/mol. The summed E-state index contributed by atoms with van der Waals surface area (Å²) in [7, 11) is 0. The summed E-state index contributed by atoms with van der Waals surface area (Å²) in [6.45, 7) is 8.63. The van der Waals surface area contributed by atoms with Gasteiger partial charge in [-0.05, 0) is 61.3 Å². The lowest BCUT2D eigenvalue weighted by molar-refractivity contribution is -0.135. The van der Waals surface area contributed by atoms with E-state index in [1.807, 2.05) is 19.1 Å². The summed E-state index contributed by atoms with van der Waals surface area (Å²) in [6.07, 6.45) is 2.91. The molecule has 1 saturated heterocycles. The number of hydrazine groups is 1. The molecule has 0 bridgehead atoms. The highest BCUT2D eigenvalue weighted by Gasteiger charge is 2.53. The second-order valence-electron chi connectivity index (χ2n) is 9.07. The van der Waals surface area contributed by atoms with Gasteiger partial charge in [0.25, 0.3) is 11.8 Å². The Bertz CT molecular complexity index is 970. The number of halogens is 1. The third-order valence-corrected chi connectivity index (χ3v) is 7.56. The smallest absolute Gasteiger partial charge is 0.286 e. The number of nitrogens with one attached hydrogen (secondary N) is 2. The topological polar surface area (TPSA) is 65.2 Å². The maximum Gasteiger partial charge on any atom is 0.286 e. The van der Waals surface area contributed by atoms with Gasteiger partial charge in [0.05, 0.1) is 5.75 Å². The van der Waals surface area contributed by atoms with Crippen LogP contribution in [0.3, 0.4) is 0 Å². The van der Waals surface area contributed by atoms with E-state index >= 15 is 0 Å². The number of carbonyl (C=O) groups excluding carboxylic acids is 2. The highest BCUT2D eigenvalue weighted by molar-refractivity contribution is 8.01. The van der Waals surface area contributed by atoms with E-state index in [1.54, 1.807) is 22.8 Å². The Morgan fingerprint density at radius 2 is 2.11 bits per heavy atom. The van der Waals surface area contributed by atoms with Crippen molar-refractivity contribution in [1.82, 2.24) is 15.4 Å². The van der Waals surface area contributed by atoms with Crippen LogP contribution in [-0.2, 0) is 4.79 Å². The average Bonchev–Trinajstić information content (AvgIpc) is 3.05. The van der Waals surface area contributed by atoms with Gasteiger partial charge in [-0.1, -0.05) is 32.4 Å². The van der Waals surface area contributed by atoms with E-state index < -0.39 is 0 Å². The number of hydrogen-bond acceptors (Lipinski definition) is 3. The van der Waals surface area contributed by atoms with Crippen molar-refractivity contribution in [3.8, 4) is 0 Å². The number of aromatic amines is 1. The molecule has 1 aromatic heterocycles. The molecule has 2 heterocycles. The number of benzene rings is 1. The minimum absolute atomic E-state index is 0.0277. The Balaban J connectivity index is 1.65. The second kappa shape index (κ2) is 6.70. The van der Waals surface area contributed by atoms with Crippen molar-refractivity contribution in [3.05, 3.63) is 34.5 Å². The zero-order valence-corrected chi connectivity index (χ0v) is 18.3. The number of hydrogen-bond donors (Lipinski definition) is 2. The number of thioether (sulfide) groups is 1. The van der Waals surface area contributed by atoms with Gasteiger partial charge in [-0.2, -0.15) is 0 Å². The summed E-state index contributed by atoms with van der Waals surface area (Å²) in [4.78, 5) is 28.6. The maximum absolute atomic E-state index is 13.1. The fraction of sp³-hybridized carbons (Fsp3) is 0.524. The zero-order valence-electron chi connectivity index (χ0n) is 16.7. The normalized spacial score (nSPS) is 27.0. The third-order valence-electron chi connectivity index (χ3n) is 5.91. The number of rotatable bonds is 2. The average molecular weight is 420 g/mol. The van der Waals surface area contributed by atoms with Crippen molar-refractivity contribution < 1.29 is 9.59 Å². The van der Waals surface area contributed by atoms with Gasteiger partial charge in [-0.3, -0.25) is 15.0 Å². The Morgan fingerprint density at radius 1 is 1.36 bits per heavy atom. The molecular weight excluding hydrogens is 394 g/mol. The van der Waals surface area contributed by atoms with E-state index in [1.165, 1.54) is 0 Å². The molecule has 7 heteroatoms. The Hall–Kier alpha value is -1.66. The zero-order chi connectivity index (χ0) is 20.3. The molecule has 1 saturated carbocycles. The van der Waals surface area contributed by atoms with Crippen LogP contribution < -0.4 is 5.43 Å². The lowest BCUT2D eigenvalue weighted by atomic mass is 9.70. The van der Waals surface area contributed by atoms with Crippen molar-refractivity contribution >= 4 is 46.1 Å². The van der Waals surface area contributed by atoms with E-state index in [9.17, 15) is 9.59 Å². The lowest BCUT2D eigenvalue weighted by Gasteiger charge is -2.48. The van der Waals surface area contributed by atoms with Crippen LogP contribution in [-0.4, -0.2) is 32.4 Å². The first-order valence-electron chi connectivity index (χ1n) is 9.66. The number of fused-ring (bicyclic) bond motifs is 1. The van der Waals surface area contributed by atoms with Gasteiger partial charge in [0.1, 0.15) is 10.6 Å². The minimum atomic E-state index is -0.364. The molecule has 0 radical (unpaired) electrons. The van der Waals surface area contributed by atoms with E-state index in [-0.39, 0.29) is 22.1 Å². The van der Waals surface area contributed by atoms with Crippen LogP contribution in [0.4, 0.5) is 0 Å². The summed E-state index contributed by atoms with van der Waals surface area (Å²) in [5.74, 6) is 0.597. The number of aromatic nitrogens is 1. The summed E-state index contributed by atoms with van der Waals surface area (Å²) in [6, 6.07) is 5.51. The maximum atomic E-state index is 13.1. The summed E-state index contributed by atoms with van der Waals surface area (Å²) < 4.78 is 0. The highest BCUT2D eigenvalue weighted by atomic mass is 35.5. The molecule has 2 amide bonds. The van der Waals surface area contributed by atoms with Gasteiger partial charge in [-0.15, -0.1) is 11.8 Å². The SMILES string of the molecule is Cc1c(C(=O)NN2C(=O)CSC23CC(C)CC(C)(C)C3)[nH]c2ccc(Cl)cc12. The largest absolute Gasteiger partial charge is 0.350 e. The van der Waals surface area contributed by atoms with Crippen molar-refractivity contribution in [2.75, 3.05) is 5.75 Å². The minimum Gasteiger partial charge on any atom is -0.350 e. The van der Waals surface area contributed by atoms with Gasteiger partial charge in [0, 0.05) is 15.9 Å². The lowest BCUT2D eigenvalue weighted by Crippen LogP contribution is -2.58. The molecule has 2 fully saturated rings. The van der Waals surface area contributed by atoms with Crippen LogP contribution in [0, 0.1) is 18.3 Å². The molecule has 5 nitrogen and oxygen atoms in total. The van der Waals surface area contributed by atoms with E-state index in [4.69, 9.17) is 11.6 Å². The van der Waals surface area contributed by atoms with Gasteiger partial charge >= 0.3 is 0 Å². The summed E-state index contributed by atoms with van der Waals surface area (Å²) in [5.41, 5.74) is 5.24. The number of nitrogens with zero attached hydrogens (tertiary/aromatic N) is 1. The quantitative estimate of drug-likeness (QED) is 0.728. The van der Waals surface area contributed by atoms with E-state index in [0.717, 1.165) is 35.7 Å². The van der Waals surface area contributed by atoms with Crippen LogP contribution in [0.2, 0.25) is 5.02 Å². The van der Waals surface area contributed by atoms with Crippen LogP contribution in [0.1, 0.15) is 56.1 Å². The molecule has 4 rings (SSSR count). The second-order valence-corrected chi connectivity index (χ2v) is 10.8. The fourth-order valence-corrected chi connectivity index (χ4v) is 7.00. The molecule has 2 unspecified atom stereocenters. The van der Waals surface area contributed by atoms with Gasteiger partial charge < -0.3 is 4.98 Å². The molecule has 150 valence electrons. The fourth-order valence-electron chi connectivity index (χ4n) is 5.13. The molecule has 1 aliphatic heterocycles. The van der Waals surface area contributed by atoms with Crippen molar-refractivity contribution in [2.24, 2.45) is 11.3 Å². The number of aryl methyl sites for hydroxylation is 1. The summed E-state index contributed by atoms with van der Waals surface area (Å²) >= 11 is 7.77. The number of H-pyrrole nitrogens is 1. The first-order valence-corrected chi connectivity index (χ1v) is 11.0. The Labute approximate surface area is 174 Å². The van der Waals surface area contributed by atoms with Crippen LogP contribution >= 0.6 is 23.4 Å². The van der Waals surface area contributed by atoms with Crippen molar-refractivity contribution in [3.63, 3.8) is 0 Å². The predicted octanol–water partition coefficient (Wildman–Crippen LogP) is 4.89. The van der Waals surface area contributed by atoms with E-state index in [2.05, 4.69) is 31.2 Å². The highest BCUT2D eigenvalue weighted by Crippen LogP contribution is 2.53. The van der Waals surface area contributed by atoms with Crippen molar-refractivity contribution in [2.45, 2.75) is 51.8 Å². The first-order chi connectivity index (χ1) is 13.1. The van der Waals surface area contributed by atoms with E-state index in [0.29, 0.717) is 22.4 Å². The molecule has 2 aliphatic rings. The third kappa shape index (κ3) is 3.30. The molecular formula is C21H26ClN3O2S. The van der Waals surface area contributed by atoms with Crippen LogP contribution in [0.5, 0.6) is 0 Å². The molecule has 2 atom stereocenters. The summed E-state index contributed by atoms with van der Waals surface area (Å²) in [5, 5.41) is 3.17. The molecule has 1 aliphatic carbocycles. The van der Waals surface area contributed by atoms with Crippen LogP contribution in [0.15, 0.2) is 18.2 Å². The number of amides is 2. The standard InChI is InChI=1S/C21H26ClN3O2S/c1-12-8-20(3,4)11-21(9-12)25(17(26)10-28-21)24-19(27)18-13(2)15-7-14(22)5-6-16(15)23-18/h5-7,12,23H,8-11H2,1-4H3,(H,24,27). The molecule has 28 heavy (non-hydrogen) atoms. The molecule has 2 N–H and O–H groups in total. The first kappa shape index (κ1) is 19.6. The van der Waals surface area contributed by atoms with Crippen molar-refractivity contribution in [1.29, 1.82) is 0 Å². The number of carbonyl (C=O) groups is 2. The van der Waals surface area contributed by atoms with Gasteiger partial charge in [0.2, 0.25) is 0 Å². The van der Waals surface area contributed by atoms with Gasteiger partial charge in [0.15, 0.2) is 0 Å². The molecule has 1 spiro atoms. The molecule has 1 aromatic carbocycles. The Kier molecular flexibility index (Phi) is 4.70. The Morgan fingerprint density at radius 3 is 2.82 bits per heavy atom. The van der Waals surface area contributed by atoms with Gasteiger partial charge in [-0.25, -0.2) is 5.01 Å².